The van der Waals surface area contributed by atoms with E-state index in [1.165, 1.54) is 11.8 Å². The summed E-state index contributed by atoms with van der Waals surface area (Å²) in [6.07, 6.45) is 0.813. The smallest absolute Gasteiger partial charge is 0.208 e. The van der Waals surface area contributed by atoms with Crippen molar-refractivity contribution < 1.29 is 9.53 Å². The molecular formula is C17H15N3O2S. The molecule has 1 aromatic heterocycles. The van der Waals surface area contributed by atoms with E-state index >= 15 is 0 Å². The van der Waals surface area contributed by atoms with Gasteiger partial charge in [-0.3, -0.25) is 9.89 Å². The van der Waals surface area contributed by atoms with Gasteiger partial charge in [0, 0.05) is 16.9 Å². The third-order valence-corrected chi connectivity index (χ3v) is 3.92. The molecule has 0 aliphatic rings. The van der Waals surface area contributed by atoms with Gasteiger partial charge in [-0.25, -0.2) is 4.98 Å². The Bertz CT molecular complexity index is 757. The van der Waals surface area contributed by atoms with E-state index in [-0.39, 0.29) is 0 Å². The Hall–Kier alpha value is -2.60. The fourth-order valence-corrected chi connectivity index (χ4v) is 2.59. The average Bonchev–Trinajstić information content (AvgIpc) is 3.09. The number of aromatic nitrogens is 3. The molecule has 6 heteroatoms. The number of benzene rings is 2. The van der Waals surface area contributed by atoms with E-state index in [9.17, 15) is 4.79 Å². The van der Waals surface area contributed by atoms with Crippen molar-refractivity contribution in [1.82, 2.24) is 15.2 Å². The van der Waals surface area contributed by atoms with Crippen molar-refractivity contribution in [1.29, 1.82) is 0 Å². The molecule has 5 nitrogen and oxygen atoms in total. The fraction of sp³-hybridized carbons (Fsp3) is 0.118. The van der Waals surface area contributed by atoms with Crippen LogP contribution in [-0.4, -0.2) is 33.8 Å². The van der Waals surface area contributed by atoms with Crippen LogP contribution in [0.3, 0.4) is 0 Å². The number of aromatic amines is 1. The minimum atomic E-state index is 0.542. The number of hydrogen-bond donors (Lipinski definition) is 1. The summed E-state index contributed by atoms with van der Waals surface area (Å²) in [4.78, 5) is 15.0. The van der Waals surface area contributed by atoms with Gasteiger partial charge >= 0.3 is 0 Å². The fourth-order valence-electron chi connectivity index (χ4n) is 1.97. The molecule has 0 unspecified atom stereocenters. The standard InChI is InChI=1S/C17H15N3O2S/c21-12-13-6-8-15(9-7-13)22-10-11-23-17-18-16(19-20-17)14-4-2-1-3-5-14/h1-9,12H,10-11H2,(H,18,19,20). The molecule has 0 saturated carbocycles. The molecule has 3 aromatic rings. The quantitative estimate of drug-likeness (QED) is 0.409. The number of H-pyrrole nitrogens is 1. The van der Waals surface area contributed by atoms with Crippen molar-refractivity contribution >= 4 is 18.0 Å². The van der Waals surface area contributed by atoms with Crippen LogP contribution in [0.1, 0.15) is 10.4 Å². The third kappa shape index (κ3) is 4.20. The Morgan fingerprint density at radius 2 is 1.87 bits per heavy atom. The summed E-state index contributed by atoms with van der Waals surface area (Å²) >= 11 is 1.53. The van der Waals surface area contributed by atoms with Crippen molar-refractivity contribution in [3.8, 4) is 17.1 Å². The van der Waals surface area contributed by atoms with Crippen molar-refractivity contribution in [2.24, 2.45) is 0 Å². The van der Waals surface area contributed by atoms with Gasteiger partial charge < -0.3 is 4.74 Å². The summed E-state index contributed by atoms with van der Waals surface area (Å²) in [5, 5.41) is 7.83. The Morgan fingerprint density at radius 3 is 2.61 bits per heavy atom. The lowest BCUT2D eigenvalue weighted by atomic mass is 10.2. The zero-order valence-electron chi connectivity index (χ0n) is 12.3. The van der Waals surface area contributed by atoms with E-state index < -0.39 is 0 Å². The van der Waals surface area contributed by atoms with Crippen LogP contribution in [0.15, 0.2) is 59.8 Å². The Kier molecular flexibility index (Phi) is 5.06. The van der Waals surface area contributed by atoms with Gasteiger partial charge in [-0.2, -0.15) is 0 Å². The molecule has 0 radical (unpaired) electrons. The minimum Gasteiger partial charge on any atom is -0.493 e. The highest BCUT2D eigenvalue weighted by Gasteiger charge is 2.05. The number of nitrogens with zero attached hydrogens (tertiary/aromatic N) is 2. The lowest BCUT2D eigenvalue weighted by molar-refractivity contribution is 0.112. The van der Waals surface area contributed by atoms with E-state index in [0.717, 1.165) is 29.2 Å². The second-order valence-electron chi connectivity index (χ2n) is 4.72. The molecule has 0 saturated heterocycles. The predicted octanol–water partition coefficient (Wildman–Crippen LogP) is 3.46. The maximum Gasteiger partial charge on any atom is 0.208 e. The molecule has 116 valence electrons. The van der Waals surface area contributed by atoms with Gasteiger partial charge in [-0.15, -0.1) is 5.10 Å². The number of hydrogen-bond acceptors (Lipinski definition) is 5. The van der Waals surface area contributed by atoms with Crippen molar-refractivity contribution in [3.63, 3.8) is 0 Å². The summed E-state index contributed by atoms with van der Waals surface area (Å²) in [7, 11) is 0. The molecule has 0 fully saturated rings. The first-order valence-corrected chi connectivity index (χ1v) is 8.12. The molecule has 23 heavy (non-hydrogen) atoms. The van der Waals surface area contributed by atoms with E-state index in [1.807, 2.05) is 30.3 Å². The largest absolute Gasteiger partial charge is 0.493 e. The first kappa shape index (κ1) is 15.3. The number of carbonyl (C=O) groups is 1. The maximum atomic E-state index is 10.6. The monoisotopic (exact) mass is 325 g/mol. The van der Waals surface area contributed by atoms with Crippen molar-refractivity contribution in [3.05, 3.63) is 60.2 Å². The highest BCUT2D eigenvalue weighted by molar-refractivity contribution is 7.99. The summed E-state index contributed by atoms with van der Waals surface area (Å²) in [5.41, 5.74) is 1.65. The SMILES string of the molecule is O=Cc1ccc(OCCSc2n[nH]c(-c3ccccc3)n2)cc1. The first-order valence-electron chi connectivity index (χ1n) is 7.14. The zero-order chi connectivity index (χ0) is 15.9. The molecule has 1 N–H and O–H groups in total. The highest BCUT2D eigenvalue weighted by atomic mass is 32.2. The summed E-state index contributed by atoms with van der Waals surface area (Å²) < 4.78 is 5.62. The molecule has 0 amide bonds. The number of ether oxygens (including phenoxy) is 1. The van der Waals surface area contributed by atoms with E-state index in [4.69, 9.17) is 4.74 Å². The van der Waals surface area contributed by atoms with Crippen LogP contribution >= 0.6 is 11.8 Å². The zero-order valence-corrected chi connectivity index (χ0v) is 13.1. The van der Waals surface area contributed by atoms with E-state index in [2.05, 4.69) is 15.2 Å². The van der Waals surface area contributed by atoms with E-state index in [0.29, 0.717) is 17.3 Å². The maximum absolute atomic E-state index is 10.6. The molecule has 0 spiro atoms. The predicted molar refractivity (Wildman–Crippen MR) is 89.9 cm³/mol. The van der Waals surface area contributed by atoms with Gasteiger partial charge in [0.25, 0.3) is 0 Å². The summed E-state index contributed by atoms with van der Waals surface area (Å²) in [5.74, 6) is 2.25. The van der Waals surface area contributed by atoms with Crippen LogP contribution in [0.25, 0.3) is 11.4 Å². The molecule has 2 aromatic carbocycles. The first-order chi connectivity index (χ1) is 11.3. The van der Waals surface area contributed by atoms with Crippen LogP contribution in [0.2, 0.25) is 0 Å². The molecule has 0 atom stereocenters. The van der Waals surface area contributed by atoms with Gasteiger partial charge in [-0.1, -0.05) is 42.1 Å². The van der Waals surface area contributed by atoms with Crippen LogP contribution < -0.4 is 4.74 Å². The minimum absolute atomic E-state index is 0.542. The van der Waals surface area contributed by atoms with E-state index in [1.54, 1.807) is 24.3 Å². The number of nitrogens with one attached hydrogen (secondary N) is 1. The Morgan fingerprint density at radius 1 is 1.09 bits per heavy atom. The third-order valence-electron chi connectivity index (χ3n) is 3.11. The number of thioether (sulfide) groups is 1. The molecule has 1 heterocycles. The topological polar surface area (TPSA) is 67.9 Å². The van der Waals surface area contributed by atoms with Gasteiger partial charge in [0.05, 0.1) is 6.61 Å². The van der Waals surface area contributed by atoms with Gasteiger partial charge in [-0.05, 0) is 24.3 Å². The van der Waals surface area contributed by atoms with Crippen LogP contribution in [0, 0.1) is 0 Å². The van der Waals surface area contributed by atoms with Gasteiger partial charge in [0.1, 0.15) is 12.0 Å². The molecule has 0 aliphatic carbocycles. The highest BCUT2D eigenvalue weighted by Crippen LogP contribution is 2.19. The number of rotatable bonds is 7. The summed E-state index contributed by atoms with van der Waals surface area (Å²) in [6, 6.07) is 16.9. The Labute approximate surface area is 138 Å². The van der Waals surface area contributed by atoms with Crippen LogP contribution in [0.4, 0.5) is 0 Å². The molecule has 3 rings (SSSR count). The number of aldehydes is 1. The second-order valence-corrected chi connectivity index (χ2v) is 5.78. The van der Waals surface area contributed by atoms with Crippen LogP contribution in [-0.2, 0) is 0 Å². The Balaban J connectivity index is 1.47. The lowest BCUT2D eigenvalue weighted by Gasteiger charge is -2.04. The van der Waals surface area contributed by atoms with Gasteiger partial charge in [0.15, 0.2) is 5.82 Å². The van der Waals surface area contributed by atoms with Gasteiger partial charge in [0.2, 0.25) is 5.16 Å². The van der Waals surface area contributed by atoms with Crippen LogP contribution in [0.5, 0.6) is 5.75 Å². The molecular weight excluding hydrogens is 310 g/mol. The summed E-state index contributed by atoms with van der Waals surface area (Å²) in [6.45, 7) is 0.542. The van der Waals surface area contributed by atoms with Crippen molar-refractivity contribution in [2.45, 2.75) is 5.16 Å². The lowest BCUT2D eigenvalue weighted by Crippen LogP contribution is -2.00. The van der Waals surface area contributed by atoms with Crippen molar-refractivity contribution in [2.75, 3.05) is 12.4 Å². The second kappa shape index (κ2) is 7.60. The average molecular weight is 325 g/mol. The number of carbonyl (C=O) groups excluding carboxylic acids is 1. The molecule has 0 bridgehead atoms. The molecule has 0 aliphatic heterocycles. The normalized spacial score (nSPS) is 10.4.